The summed E-state index contributed by atoms with van der Waals surface area (Å²) in [6.07, 6.45) is 1.98. The van der Waals surface area contributed by atoms with Crippen LogP contribution in [0.1, 0.15) is 19.3 Å². The number of allylic oxidation sites excluding steroid dienone is 3. The summed E-state index contributed by atoms with van der Waals surface area (Å²) in [5.74, 6) is -3.52. The van der Waals surface area contributed by atoms with E-state index in [2.05, 4.69) is 10.6 Å². The fourth-order valence-electron chi connectivity index (χ4n) is 2.25. The van der Waals surface area contributed by atoms with Crippen LogP contribution in [0, 0.1) is 0 Å². The topological polar surface area (TPSA) is 78.5 Å². The first-order chi connectivity index (χ1) is 10.8. The standard InChI is InChI=1S/C15H17F2N3O3/c1-20(2)9-5-8(16)6-10(11(17)7-9)14(22)18-12-3-4-13(21)19-15(12)23/h6-7,12H,3-5H2,1-2H3,(H,18,22)(H,19,21,23). The number of hydrogen-bond donors (Lipinski definition) is 2. The fraction of sp³-hybridized carbons (Fsp3) is 0.400. The van der Waals surface area contributed by atoms with Crippen molar-refractivity contribution in [2.75, 3.05) is 14.1 Å². The Morgan fingerprint density at radius 1 is 1.30 bits per heavy atom. The van der Waals surface area contributed by atoms with Gasteiger partial charge in [0.15, 0.2) is 0 Å². The van der Waals surface area contributed by atoms with Crippen LogP contribution in [0.4, 0.5) is 8.78 Å². The molecular weight excluding hydrogens is 308 g/mol. The first-order valence-electron chi connectivity index (χ1n) is 7.06. The average Bonchev–Trinajstić information content (AvgIpc) is 2.61. The third-order valence-corrected chi connectivity index (χ3v) is 3.57. The van der Waals surface area contributed by atoms with Gasteiger partial charge in [0.2, 0.25) is 11.8 Å². The van der Waals surface area contributed by atoms with Crippen molar-refractivity contribution in [3.05, 3.63) is 35.1 Å². The molecule has 0 radical (unpaired) electrons. The van der Waals surface area contributed by atoms with Crippen LogP contribution in [-0.2, 0) is 14.4 Å². The highest BCUT2D eigenvalue weighted by Crippen LogP contribution is 2.25. The maximum absolute atomic E-state index is 14.2. The molecule has 1 heterocycles. The Morgan fingerprint density at radius 2 is 2.00 bits per heavy atom. The predicted molar refractivity (Wildman–Crippen MR) is 78.0 cm³/mol. The molecule has 1 saturated heterocycles. The van der Waals surface area contributed by atoms with Gasteiger partial charge >= 0.3 is 0 Å². The van der Waals surface area contributed by atoms with Gasteiger partial charge in [0.05, 0.1) is 5.57 Å². The lowest BCUT2D eigenvalue weighted by atomic mass is 10.1. The van der Waals surface area contributed by atoms with Crippen molar-refractivity contribution in [3.63, 3.8) is 0 Å². The van der Waals surface area contributed by atoms with Crippen LogP contribution in [0.5, 0.6) is 0 Å². The van der Waals surface area contributed by atoms with E-state index in [1.807, 2.05) is 0 Å². The predicted octanol–water partition coefficient (Wildman–Crippen LogP) is 0.834. The van der Waals surface area contributed by atoms with E-state index >= 15 is 0 Å². The third kappa shape index (κ3) is 4.02. The van der Waals surface area contributed by atoms with Gasteiger partial charge in [-0.15, -0.1) is 0 Å². The second-order valence-corrected chi connectivity index (χ2v) is 5.54. The van der Waals surface area contributed by atoms with E-state index in [9.17, 15) is 23.2 Å². The summed E-state index contributed by atoms with van der Waals surface area (Å²) >= 11 is 0. The summed E-state index contributed by atoms with van der Waals surface area (Å²) in [6.45, 7) is 0. The number of nitrogens with zero attached hydrogens (tertiary/aromatic N) is 1. The number of imide groups is 1. The second kappa shape index (κ2) is 6.72. The molecule has 1 unspecified atom stereocenters. The molecule has 0 aromatic rings. The van der Waals surface area contributed by atoms with Crippen LogP contribution in [-0.4, -0.2) is 42.8 Å². The lowest BCUT2D eigenvalue weighted by molar-refractivity contribution is -0.136. The molecule has 2 aliphatic rings. The summed E-state index contributed by atoms with van der Waals surface area (Å²) < 4.78 is 28.0. The molecule has 0 aromatic heterocycles. The van der Waals surface area contributed by atoms with Gasteiger partial charge in [0.25, 0.3) is 5.91 Å². The molecule has 124 valence electrons. The number of nitrogens with one attached hydrogen (secondary N) is 2. The Kier molecular flexibility index (Phi) is 4.92. The molecule has 0 bridgehead atoms. The summed E-state index contributed by atoms with van der Waals surface area (Å²) in [5, 5.41) is 4.41. The molecule has 23 heavy (non-hydrogen) atoms. The van der Waals surface area contributed by atoms with E-state index in [1.165, 1.54) is 0 Å². The summed E-state index contributed by atoms with van der Waals surface area (Å²) in [4.78, 5) is 36.4. The lowest BCUT2D eigenvalue weighted by Crippen LogP contribution is -2.52. The van der Waals surface area contributed by atoms with Crippen molar-refractivity contribution >= 4 is 17.7 Å². The minimum atomic E-state index is -0.947. The lowest BCUT2D eigenvalue weighted by Gasteiger charge is -2.21. The first kappa shape index (κ1) is 16.9. The number of halogens is 2. The largest absolute Gasteiger partial charge is 0.381 e. The van der Waals surface area contributed by atoms with Crippen LogP contribution in [0.2, 0.25) is 0 Å². The van der Waals surface area contributed by atoms with E-state index in [0.717, 1.165) is 12.2 Å². The van der Waals surface area contributed by atoms with E-state index < -0.39 is 41.0 Å². The van der Waals surface area contributed by atoms with Crippen LogP contribution >= 0.6 is 0 Å². The molecular formula is C15H17F2N3O3. The van der Waals surface area contributed by atoms with Gasteiger partial charge < -0.3 is 10.2 Å². The molecule has 3 amide bonds. The summed E-state index contributed by atoms with van der Waals surface area (Å²) in [6, 6.07) is -0.947. The Bertz CT molecular complexity index is 650. The van der Waals surface area contributed by atoms with Crippen molar-refractivity contribution in [1.82, 2.24) is 15.5 Å². The number of rotatable bonds is 3. The third-order valence-electron chi connectivity index (χ3n) is 3.57. The molecule has 6 nitrogen and oxygen atoms in total. The second-order valence-electron chi connectivity index (χ2n) is 5.54. The molecule has 2 rings (SSSR count). The number of carbonyl (C=O) groups is 3. The van der Waals surface area contributed by atoms with Gasteiger partial charge in [0.1, 0.15) is 17.7 Å². The van der Waals surface area contributed by atoms with Gasteiger partial charge in [-0.1, -0.05) is 0 Å². The van der Waals surface area contributed by atoms with Gasteiger partial charge in [-0.05, 0) is 18.6 Å². The average molecular weight is 325 g/mol. The number of piperidine rings is 1. The highest BCUT2D eigenvalue weighted by Gasteiger charge is 2.29. The Hall–Kier alpha value is -2.51. The van der Waals surface area contributed by atoms with Crippen molar-refractivity contribution in [2.45, 2.75) is 25.3 Å². The molecule has 0 spiro atoms. The van der Waals surface area contributed by atoms with Crippen molar-refractivity contribution in [1.29, 1.82) is 0 Å². The van der Waals surface area contributed by atoms with Crippen molar-refractivity contribution in [3.8, 4) is 0 Å². The fourth-order valence-corrected chi connectivity index (χ4v) is 2.25. The number of carbonyl (C=O) groups excluding carboxylic acids is 3. The smallest absolute Gasteiger partial charge is 0.254 e. The first-order valence-corrected chi connectivity index (χ1v) is 7.06. The van der Waals surface area contributed by atoms with Gasteiger partial charge in [0, 0.05) is 32.6 Å². The Labute approximate surface area is 131 Å². The minimum absolute atomic E-state index is 0.0765. The molecule has 1 atom stereocenters. The monoisotopic (exact) mass is 325 g/mol. The zero-order chi connectivity index (χ0) is 17.1. The molecule has 8 heteroatoms. The van der Waals surface area contributed by atoms with E-state index in [1.54, 1.807) is 19.0 Å². The zero-order valence-electron chi connectivity index (χ0n) is 12.8. The van der Waals surface area contributed by atoms with Crippen LogP contribution in [0.3, 0.4) is 0 Å². The minimum Gasteiger partial charge on any atom is -0.381 e. The molecule has 1 aliphatic carbocycles. The summed E-state index contributed by atoms with van der Waals surface area (Å²) in [5.41, 5.74) is -0.107. The molecule has 0 saturated carbocycles. The van der Waals surface area contributed by atoms with Crippen LogP contribution in [0.15, 0.2) is 35.1 Å². The molecule has 1 aliphatic heterocycles. The molecule has 0 aromatic carbocycles. The van der Waals surface area contributed by atoms with Crippen LogP contribution < -0.4 is 10.6 Å². The van der Waals surface area contributed by atoms with Gasteiger partial charge in [-0.2, -0.15) is 0 Å². The highest BCUT2D eigenvalue weighted by molar-refractivity contribution is 6.04. The number of amides is 3. The molecule has 1 fully saturated rings. The van der Waals surface area contributed by atoms with E-state index in [4.69, 9.17) is 0 Å². The van der Waals surface area contributed by atoms with E-state index in [0.29, 0.717) is 5.70 Å². The maximum atomic E-state index is 14.2. The van der Waals surface area contributed by atoms with Crippen LogP contribution in [0.25, 0.3) is 0 Å². The van der Waals surface area contributed by atoms with Crippen molar-refractivity contribution in [2.24, 2.45) is 0 Å². The molecule has 2 N–H and O–H groups in total. The summed E-state index contributed by atoms with van der Waals surface area (Å²) in [7, 11) is 3.28. The quantitative estimate of drug-likeness (QED) is 0.754. The van der Waals surface area contributed by atoms with E-state index in [-0.39, 0.29) is 19.3 Å². The highest BCUT2D eigenvalue weighted by atomic mass is 19.1. The van der Waals surface area contributed by atoms with Gasteiger partial charge in [-0.25, -0.2) is 8.78 Å². The van der Waals surface area contributed by atoms with Crippen molar-refractivity contribution < 1.29 is 23.2 Å². The normalized spacial score (nSPS) is 22.0. The SMILES string of the molecule is CN(C)C1=CC(F)=C(C(=O)NC2CCC(=O)NC2=O)C=C(F)C1. The van der Waals surface area contributed by atoms with Gasteiger partial charge in [-0.3, -0.25) is 19.7 Å². The Morgan fingerprint density at radius 3 is 2.61 bits per heavy atom. The Balaban J connectivity index is 2.20. The maximum Gasteiger partial charge on any atom is 0.254 e. The zero-order valence-corrected chi connectivity index (χ0v) is 12.8. The number of hydrogen-bond acceptors (Lipinski definition) is 4.